The van der Waals surface area contributed by atoms with E-state index in [4.69, 9.17) is 4.74 Å². The number of ether oxygens (including phenoxy) is 1. The number of carbonyl (C=O) groups is 2. The van der Waals surface area contributed by atoms with Crippen LogP contribution in [0.5, 0.6) is 0 Å². The largest absolute Gasteiger partial charge is 0.465 e. The molecular formula is C15H23F3N2O3. The molecule has 0 N–H and O–H groups in total. The minimum Gasteiger partial charge on any atom is -0.465 e. The third kappa shape index (κ3) is 5.67. The number of likely N-dealkylation sites (tertiary alicyclic amines) is 2. The van der Waals surface area contributed by atoms with E-state index < -0.39 is 12.7 Å². The summed E-state index contributed by atoms with van der Waals surface area (Å²) in [5.41, 5.74) is 0. The van der Waals surface area contributed by atoms with Gasteiger partial charge in [-0.25, -0.2) is 0 Å². The lowest BCUT2D eigenvalue weighted by atomic mass is 9.96. The fourth-order valence-electron chi connectivity index (χ4n) is 3.03. The Morgan fingerprint density at radius 3 is 2.43 bits per heavy atom. The topological polar surface area (TPSA) is 49.9 Å². The van der Waals surface area contributed by atoms with Gasteiger partial charge in [0, 0.05) is 20.0 Å². The standard InChI is InChI=1S/C15H23F3N2O3/c1-19-5-4-12(8-13(19)21)14(22)23-9-11-2-6-20(7-3-11)10-15(16,17)18/h11-12H,2-10H2,1H3. The molecule has 1 atom stereocenters. The summed E-state index contributed by atoms with van der Waals surface area (Å²) >= 11 is 0. The number of rotatable bonds is 4. The molecule has 0 aromatic rings. The van der Waals surface area contributed by atoms with Gasteiger partial charge in [-0.3, -0.25) is 14.5 Å². The van der Waals surface area contributed by atoms with Crippen LogP contribution in [0.1, 0.15) is 25.7 Å². The van der Waals surface area contributed by atoms with E-state index in [9.17, 15) is 22.8 Å². The molecule has 2 aliphatic rings. The highest BCUT2D eigenvalue weighted by molar-refractivity contribution is 5.84. The molecule has 5 nitrogen and oxygen atoms in total. The number of carbonyl (C=O) groups excluding carboxylic acids is 2. The molecule has 2 fully saturated rings. The highest BCUT2D eigenvalue weighted by atomic mass is 19.4. The van der Waals surface area contributed by atoms with Gasteiger partial charge < -0.3 is 9.64 Å². The van der Waals surface area contributed by atoms with Gasteiger partial charge in [-0.15, -0.1) is 0 Å². The maximum Gasteiger partial charge on any atom is 0.401 e. The predicted molar refractivity (Wildman–Crippen MR) is 76.5 cm³/mol. The first-order chi connectivity index (χ1) is 10.7. The quantitative estimate of drug-likeness (QED) is 0.733. The summed E-state index contributed by atoms with van der Waals surface area (Å²) < 4.78 is 42.2. The van der Waals surface area contributed by atoms with Crippen LogP contribution in [0.2, 0.25) is 0 Å². The lowest BCUT2D eigenvalue weighted by Crippen LogP contribution is -2.41. The number of piperidine rings is 2. The van der Waals surface area contributed by atoms with Crippen molar-refractivity contribution in [2.45, 2.75) is 31.9 Å². The molecule has 2 heterocycles. The second-order valence-corrected chi connectivity index (χ2v) is 6.47. The summed E-state index contributed by atoms with van der Waals surface area (Å²) in [5.74, 6) is -0.697. The minimum absolute atomic E-state index is 0.0568. The van der Waals surface area contributed by atoms with Crippen molar-refractivity contribution in [1.29, 1.82) is 0 Å². The van der Waals surface area contributed by atoms with E-state index >= 15 is 0 Å². The van der Waals surface area contributed by atoms with Crippen molar-refractivity contribution in [2.24, 2.45) is 11.8 Å². The van der Waals surface area contributed by atoms with Gasteiger partial charge in [0.05, 0.1) is 19.1 Å². The molecule has 0 saturated carbocycles. The van der Waals surface area contributed by atoms with E-state index in [1.165, 1.54) is 4.90 Å². The van der Waals surface area contributed by atoms with Crippen molar-refractivity contribution < 1.29 is 27.5 Å². The number of nitrogens with zero attached hydrogens (tertiary/aromatic N) is 2. The molecule has 1 amide bonds. The van der Waals surface area contributed by atoms with Crippen molar-refractivity contribution in [1.82, 2.24) is 9.80 Å². The molecule has 8 heteroatoms. The van der Waals surface area contributed by atoms with Crippen LogP contribution in [0.3, 0.4) is 0 Å². The van der Waals surface area contributed by atoms with Crippen LogP contribution in [0.15, 0.2) is 0 Å². The van der Waals surface area contributed by atoms with Crippen molar-refractivity contribution in [3.05, 3.63) is 0 Å². The lowest BCUT2D eigenvalue weighted by Gasteiger charge is -2.32. The molecule has 0 aliphatic carbocycles. The van der Waals surface area contributed by atoms with Gasteiger partial charge in [0.25, 0.3) is 0 Å². The highest BCUT2D eigenvalue weighted by Crippen LogP contribution is 2.24. The summed E-state index contributed by atoms with van der Waals surface area (Å²) in [4.78, 5) is 26.6. The fraction of sp³-hybridized carbons (Fsp3) is 0.867. The summed E-state index contributed by atoms with van der Waals surface area (Å²) in [6.07, 6.45) is -2.20. The molecule has 132 valence electrons. The average molecular weight is 336 g/mol. The van der Waals surface area contributed by atoms with E-state index in [1.807, 2.05) is 0 Å². The molecule has 0 bridgehead atoms. The number of esters is 1. The number of hydrogen-bond acceptors (Lipinski definition) is 4. The van der Waals surface area contributed by atoms with Crippen LogP contribution >= 0.6 is 0 Å². The van der Waals surface area contributed by atoms with Crippen LogP contribution < -0.4 is 0 Å². The normalized spacial score (nSPS) is 24.8. The maximum atomic E-state index is 12.3. The number of alkyl halides is 3. The Hall–Kier alpha value is -1.31. The molecule has 23 heavy (non-hydrogen) atoms. The van der Waals surface area contributed by atoms with Crippen molar-refractivity contribution >= 4 is 11.9 Å². The third-order valence-corrected chi connectivity index (χ3v) is 4.56. The van der Waals surface area contributed by atoms with Crippen LogP contribution in [-0.2, 0) is 14.3 Å². The van der Waals surface area contributed by atoms with Gasteiger partial charge >= 0.3 is 12.1 Å². The molecule has 2 rings (SSSR count). The Kier molecular flexibility index (Phi) is 5.89. The third-order valence-electron chi connectivity index (χ3n) is 4.56. The van der Waals surface area contributed by atoms with Gasteiger partial charge in [-0.2, -0.15) is 13.2 Å². The Morgan fingerprint density at radius 1 is 1.22 bits per heavy atom. The Labute approximate surface area is 133 Å². The number of amides is 1. The van der Waals surface area contributed by atoms with Gasteiger partial charge in [-0.05, 0) is 38.3 Å². The zero-order chi connectivity index (χ0) is 17.0. The zero-order valence-corrected chi connectivity index (χ0v) is 13.3. The smallest absolute Gasteiger partial charge is 0.401 e. The van der Waals surface area contributed by atoms with Crippen LogP contribution in [0, 0.1) is 11.8 Å². The Bertz CT molecular complexity index is 434. The summed E-state index contributed by atoms with van der Waals surface area (Å²) in [6.45, 7) is 0.647. The number of halogens is 3. The number of hydrogen-bond donors (Lipinski definition) is 0. The SMILES string of the molecule is CN1CCC(C(=O)OCC2CCN(CC(F)(F)F)CC2)CC1=O. The molecular weight excluding hydrogens is 313 g/mol. The first-order valence-corrected chi connectivity index (χ1v) is 7.94. The van der Waals surface area contributed by atoms with Crippen LogP contribution in [0.25, 0.3) is 0 Å². The Balaban J connectivity index is 1.67. The van der Waals surface area contributed by atoms with E-state index in [1.54, 1.807) is 11.9 Å². The van der Waals surface area contributed by atoms with Crippen LogP contribution in [-0.4, -0.2) is 67.7 Å². The zero-order valence-electron chi connectivity index (χ0n) is 13.3. The molecule has 0 aromatic carbocycles. The predicted octanol–water partition coefficient (Wildman–Crippen LogP) is 1.67. The first kappa shape index (κ1) is 18.0. The highest BCUT2D eigenvalue weighted by Gasteiger charge is 2.33. The van der Waals surface area contributed by atoms with Crippen molar-refractivity contribution in [2.75, 3.05) is 39.8 Å². The lowest BCUT2D eigenvalue weighted by molar-refractivity contribution is -0.157. The maximum absolute atomic E-state index is 12.3. The van der Waals surface area contributed by atoms with Gasteiger partial charge in [0.2, 0.25) is 5.91 Å². The molecule has 0 aromatic heterocycles. The summed E-state index contributed by atoms with van der Waals surface area (Å²) in [6, 6.07) is 0. The van der Waals surface area contributed by atoms with Gasteiger partial charge in [0.1, 0.15) is 0 Å². The Morgan fingerprint density at radius 2 is 1.87 bits per heavy atom. The van der Waals surface area contributed by atoms with Crippen LogP contribution in [0.4, 0.5) is 13.2 Å². The van der Waals surface area contributed by atoms with E-state index in [0.717, 1.165) is 0 Å². The van der Waals surface area contributed by atoms with Crippen molar-refractivity contribution in [3.63, 3.8) is 0 Å². The molecule has 0 radical (unpaired) electrons. The first-order valence-electron chi connectivity index (χ1n) is 7.94. The van der Waals surface area contributed by atoms with Gasteiger partial charge in [0.15, 0.2) is 0 Å². The second kappa shape index (κ2) is 7.51. The van der Waals surface area contributed by atoms with E-state index in [0.29, 0.717) is 38.9 Å². The van der Waals surface area contributed by atoms with Gasteiger partial charge in [-0.1, -0.05) is 0 Å². The fourth-order valence-corrected chi connectivity index (χ4v) is 3.03. The molecule has 0 spiro atoms. The monoisotopic (exact) mass is 336 g/mol. The second-order valence-electron chi connectivity index (χ2n) is 6.47. The van der Waals surface area contributed by atoms with E-state index in [2.05, 4.69) is 0 Å². The molecule has 1 unspecified atom stereocenters. The summed E-state index contributed by atoms with van der Waals surface area (Å²) in [5, 5.41) is 0. The minimum atomic E-state index is -4.17. The summed E-state index contributed by atoms with van der Waals surface area (Å²) in [7, 11) is 1.71. The average Bonchev–Trinajstić information content (AvgIpc) is 2.47. The molecule has 2 aliphatic heterocycles. The molecule has 2 saturated heterocycles. The van der Waals surface area contributed by atoms with Crippen molar-refractivity contribution in [3.8, 4) is 0 Å². The van der Waals surface area contributed by atoms with E-state index in [-0.39, 0.29) is 36.7 Å².